The summed E-state index contributed by atoms with van der Waals surface area (Å²) in [5.41, 5.74) is 0.517. The van der Waals surface area contributed by atoms with Crippen LogP contribution in [0.5, 0.6) is 0 Å². The highest BCUT2D eigenvalue weighted by Crippen LogP contribution is 2.35. The third-order valence-electron chi connectivity index (χ3n) is 3.21. The van der Waals surface area contributed by atoms with Crippen LogP contribution < -0.4 is 0 Å². The zero-order chi connectivity index (χ0) is 14.0. The normalized spacial score (nSPS) is 15.5. The molecule has 0 saturated heterocycles. The van der Waals surface area contributed by atoms with E-state index in [1.807, 2.05) is 5.92 Å². The molecule has 1 atom stereocenters. The Morgan fingerprint density at radius 3 is 2.06 bits per heavy atom. The number of rotatable bonds is 2. The fourth-order valence-corrected chi connectivity index (χ4v) is 2.27. The van der Waals surface area contributed by atoms with Gasteiger partial charge in [-0.2, -0.15) is 8.78 Å². The molecule has 98 valence electrons. The van der Waals surface area contributed by atoms with E-state index in [2.05, 4.69) is 5.92 Å². The minimum Gasteiger partial charge on any atom is -0.386 e. The summed E-state index contributed by atoms with van der Waals surface area (Å²) in [6, 6.07) is 8.58. The molecule has 1 rings (SSSR count). The molecule has 1 N–H and O–H groups in total. The summed E-state index contributed by atoms with van der Waals surface area (Å²) in [7, 11) is -2.46. The lowest BCUT2D eigenvalue weighted by molar-refractivity contribution is -0.0867. The lowest BCUT2D eigenvalue weighted by Crippen LogP contribution is -2.61. The topological polar surface area (TPSA) is 20.2 Å². The van der Waals surface area contributed by atoms with E-state index in [4.69, 9.17) is 0 Å². The van der Waals surface area contributed by atoms with E-state index < -0.39 is 19.2 Å². The Kier molecular flexibility index (Phi) is 3.99. The fraction of sp³-hybridized carbons (Fsp3) is 0.429. The molecule has 0 spiro atoms. The van der Waals surface area contributed by atoms with E-state index >= 15 is 0 Å². The Morgan fingerprint density at radius 2 is 1.61 bits per heavy atom. The monoisotopic (exact) mass is 268 g/mol. The predicted octanol–water partition coefficient (Wildman–Crippen LogP) is 3.30. The summed E-state index contributed by atoms with van der Waals surface area (Å²) in [4.78, 5) is 0. The summed E-state index contributed by atoms with van der Waals surface area (Å²) < 4.78 is 28.0. The Hall–Kier alpha value is -1.18. The first-order valence-corrected chi connectivity index (χ1v) is 9.26. The van der Waals surface area contributed by atoms with Crippen molar-refractivity contribution in [3.8, 4) is 11.8 Å². The maximum absolute atomic E-state index is 14.0. The van der Waals surface area contributed by atoms with Gasteiger partial charge in [-0.15, -0.1) is 0 Å². The highest BCUT2D eigenvalue weighted by atomic mass is 28.3. The molecule has 0 radical (unpaired) electrons. The summed E-state index contributed by atoms with van der Waals surface area (Å²) >= 11 is 0. The van der Waals surface area contributed by atoms with Gasteiger partial charge >= 0.3 is 5.92 Å². The quantitative estimate of drug-likeness (QED) is 0.644. The third kappa shape index (κ3) is 2.98. The maximum Gasteiger partial charge on any atom is 0.333 e. The van der Waals surface area contributed by atoms with Crippen LogP contribution in [0.3, 0.4) is 0 Å². The SMILES string of the molecule is CC(O)(C(F)(F)C#Cc1ccccc1)[Si](C)(C)C. The van der Waals surface area contributed by atoms with Gasteiger partial charge in [0, 0.05) is 5.56 Å². The average molecular weight is 268 g/mol. The summed E-state index contributed by atoms with van der Waals surface area (Å²) in [6.07, 6.45) is 0. The van der Waals surface area contributed by atoms with Gasteiger partial charge in [-0.25, -0.2) is 0 Å². The molecule has 0 saturated carbocycles. The van der Waals surface area contributed by atoms with E-state index in [9.17, 15) is 13.9 Å². The number of alkyl halides is 2. The first kappa shape index (κ1) is 14.9. The fourth-order valence-electron chi connectivity index (χ4n) is 1.26. The smallest absolute Gasteiger partial charge is 0.333 e. The number of hydrogen-bond donors (Lipinski definition) is 1. The van der Waals surface area contributed by atoms with Crippen LogP contribution in [0.4, 0.5) is 8.78 Å². The largest absolute Gasteiger partial charge is 0.386 e. The van der Waals surface area contributed by atoms with Crippen LogP contribution in [0.2, 0.25) is 19.6 Å². The molecule has 1 unspecified atom stereocenters. The lowest BCUT2D eigenvalue weighted by atomic mass is 10.1. The van der Waals surface area contributed by atoms with Crippen molar-refractivity contribution in [3.05, 3.63) is 35.9 Å². The molecule has 0 aliphatic carbocycles. The van der Waals surface area contributed by atoms with Gasteiger partial charge in [-0.3, -0.25) is 0 Å². The molecule has 0 aromatic heterocycles. The lowest BCUT2D eigenvalue weighted by Gasteiger charge is -2.38. The van der Waals surface area contributed by atoms with Crippen molar-refractivity contribution in [2.24, 2.45) is 0 Å². The zero-order valence-corrected chi connectivity index (χ0v) is 12.1. The van der Waals surface area contributed by atoms with Crippen LogP contribution in [0.15, 0.2) is 30.3 Å². The minimum atomic E-state index is -3.41. The van der Waals surface area contributed by atoms with Gasteiger partial charge in [0.05, 0.1) is 8.07 Å². The van der Waals surface area contributed by atoms with Crippen molar-refractivity contribution >= 4 is 8.07 Å². The van der Waals surface area contributed by atoms with Crippen LogP contribution in [-0.4, -0.2) is 24.3 Å². The van der Waals surface area contributed by atoms with E-state index in [1.165, 1.54) is 6.92 Å². The van der Waals surface area contributed by atoms with Crippen molar-refractivity contribution in [3.63, 3.8) is 0 Å². The number of benzene rings is 1. The van der Waals surface area contributed by atoms with Crippen molar-refractivity contribution in [1.82, 2.24) is 0 Å². The van der Waals surface area contributed by atoms with Gasteiger partial charge in [0.2, 0.25) is 0 Å². The third-order valence-corrected chi connectivity index (χ3v) is 6.44. The summed E-state index contributed by atoms with van der Waals surface area (Å²) in [5.74, 6) is 0.939. The van der Waals surface area contributed by atoms with Gasteiger partial charge < -0.3 is 5.11 Å². The average Bonchev–Trinajstić information content (AvgIpc) is 2.26. The van der Waals surface area contributed by atoms with Crippen LogP contribution in [0.1, 0.15) is 12.5 Å². The molecule has 0 aliphatic heterocycles. The van der Waals surface area contributed by atoms with Crippen LogP contribution in [0.25, 0.3) is 0 Å². The molecule has 0 amide bonds. The molecule has 0 heterocycles. The van der Waals surface area contributed by atoms with E-state index in [1.54, 1.807) is 50.0 Å². The van der Waals surface area contributed by atoms with Crippen LogP contribution in [0, 0.1) is 11.8 Å². The van der Waals surface area contributed by atoms with Crippen molar-refractivity contribution in [1.29, 1.82) is 0 Å². The standard InChI is InChI=1S/C14H18F2OSi/c1-13(17,18(2,3)4)14(15,16)11-10-12-8-6-5-7-9-12/h5-9,17H,1-4H3. The number of halogens is 2. The molecule has 18 heavy (non-hydrogen) atoms. The number of hydrogen-bond acceptors (Lipinski definition) is 1. The number of aliphatic hydroxyl groups is 1. The van der Waals surface area contributed by atoms with Gasteiger partial charge in [0.15, 0.2) is 0 Å². The summed E-state index contributed by atoms with van der Waals surface area (Å²) in [5, 5.41) is 8.01. The van der Waals surface area contributed by atoms with Gasteiger partial charge in [-0.1, -0.05) is 43.8 Å². The second kappa shape index (κ2) is 4.83. The van der Waals surface area contributed by atoms with Gasteiger partial charge in [0.25, 0.3) is 0 Å². The Labute approximate surface area is 108 Å². The second-order valence-electron chi connectivity index (χ2n) is 5.51. The maximum atomic E-state index is 14.0. The van der Waals surface area contributed by atoms with Gasteiger partial charge in [0.1, 0.15) is 5.22 Å². The minimum absolute atomic E-state index is 0.517. The van der Waals surface area contributed by atoms with E-state index in [0.29, 0.717) is 5.56 Å². The summed E-state index contributed by atoms with van der Waals surface area (Å²) in [6.45, 7) is 6.28. The zero-order valence-electron chi connectivity index (χ0n) is 11.1. The molecule has 1 nitrogen and oxygen atoms in total. The predicted molar refractivity (Wildman–Crippen MR) is 72.2 cm³/mol. The van der Waals surface area contributed by atoms with E-state index in [0.717, 1.165) is 0 Å². The molecular formula is C14H18F2OSi. The molecule has 1 aromatic carbocycles. The van der Waals surface area contributed by atoms with Crippen molar-refractivity contribution in [2.75, 3.05) is 0 Å². The molecular weight excluding hydrogens is 250 g/mol. The van der Waals surface area contributed by atoms with E-state index in [-0.39, 0.29) is 0 Å². The molecule has 0 fully saturated rings. The Morgan fingerprint density at radius 1 is 1.11 bits per heavy atom. The first-order valence-electron chi connectivity index (χ1n) is 5.76. The molecule has 1 aromatic rings. The highest BCUT2D eigenvalue weighted by molar-refractivity contribution is 6.79. The molecule has 0 bridgehead atoms. The Bertz CT molecular complexity index is 464. The first-order chi connectivity index (χ1) is 8.08. The van der Waals surface area contributed by atoms with Crippen LogP contribution in [-0.2, 0) is 0 Å². The van der Waals surface area contributed by atoms with Crippen molar-refractivity contribution < 1.29 is 13.9 Å². The second-order valence-corrected chi connectivity index (χ2v) is 11.0. The van der Waals surface area contributed by atoms with Crippen molar-refractivity contribution in [2.45, 2.75) is 37.7 Å². The van der Waals surface area contributed by atoms with Gasteiger partial charge in [-0.05, 0) is 25.0 Å². The molecule has 0 aliphatic rings. The molecule has 4 heteroatoms. The van der Waals surface area contributed by atoms with Crippen LogP contribution >= 0.6 is 0 Å². The Balaban J connectivity index is 3.07. The highest BCUT2D eigenvalue weighted by Gasteiger charge is 2.56.